The first-order valence-corrected chi connectivity index (χ1v) is 8.19. The van der Waals surface area contributed by atoms with Crippen molar-refractivity contribution in [1.82, 2.24) is 0 Å². The Labute approximate surface area is 128 Å². The van der Waals surface area contributed by atoms with Crippen molar-refractivity contribution in [2.45, 2.75) is 77.0 Å². The predicted molar refractivity (Wildman–Crippen MR) is 84.2 cm³/mol. The summed E-state index contributed by atoms with van der Waals surface area (Å²) in [4.78, 5) is 0. The molecule has 1 fully saturated rings. The van der Waals surface area contributed by atoms with E-state index in [9.17, 15) is 5.11 Å². The van der Waals surface area contributed by atoms with Crippen molar-refractivity contribution in [2.24, 2.45) is 0 Å². The van der Waals surface area contributed by atoms with Gasteiger partial charge in [-0.3, -0.25) is 0 Å². The summed E-state index contributed by atoms with van der Waals surface area (Å²) < 4.78 is 12.3. The first-order valence-electron chi connectivity index (χ1n) is 8.19. The van der Waals surface area contributed by atoms with Crippen molar-refractivity contribution in [2.75, 3.05) is 0 Å². The van der Waals surface area contributed by atoms with Gasteiger partial charge in [-0.1, -0.05) is 50.6 Å². The maximum atomic E-state index is 9.82. The summed E-state index contributed by atoms with van der Waals surface area (Å²) >= 11 is 0. The lowest BCUT2D eigenvalue weighted by Gasteiger charge is -2.43. The average Bonchev–Trinajstić information content (AvgIpc) is 2.47. The van der Waals surface area contributed by atoms with Gasteiger partial charge in [0, 0.05) is 12.3 Å². The van der Waals surface area contributed by atoms with Gasteiger partial charge in [-0.2, -0.15) is 0 Å². The molecule has 118 valence electrons. The van der Waals surface area contributed by atoms with E-state index < -0.39 is 0 Å². The number of rotatable bonds is 6. The third-order valence-electron chi connectivity index (χ3n) is 4.14. The molecule has 2 rings (SSSR count). The first kappa shape index (κ1) is 16.5. The highest BCUT2D eigenvalue weighted by Crippen LogP contribution is 2.37. The summed E-state index contributed by atoms with van der Waals surface area (Å²) in [6, 6.07) is 10.4. The molecule has 1 aliphatic heterocycles. The molecule has 0 bridgehead atoms. The minimum Gasteiger partial charge on any atom is -0.393 e. The minimum absolute atomic E-state index is 0.0163. The second-order valence-corrected chi connectivity index (χ2v) is 6.00. The molecule has 3 nitrogen and oxygen atoms in total. The average molecular weight is 292 g/mol. The normalized spacial score (nSPS) is 31.0. The lowest BCUT2D eigenvalue weighted by molar-refractivity contribution is -0.259. The van der Waals surface area contributed by atoms with Crippen LogP contribution < -0.4 is 0 Å². The fourth-order valence-corrected chi connectivity index (χ4v) is 3.20. The summed E-state index contributed by atoms with van der Waals surface area (Å²) in [7, 11) is 0. The molecule has 5 unspecified atom stereocenters. The van der Waals surface area contributed by atoms with Gasteiger partial charge in [-0.15, -0.1) is 0 Å². The number of hydrogen-bond acceptors (Lipinski definition) is 3. The first-order chi connectivity index (χ1) is 10.2. The van der Waals surface area contributed by atoms with E-state index >= 15 is 0 Å². The highest BCUT2D eigenvalue weighted by molar-refractivity contribution is 5.23. The monoisotopic (exact) mass is 292 g/mol. The molecule has 1 aliphatic rings. The molecule has 3 heteroatoms. The van der Waals surface area contributed by atoms with Gasteiger partial charge in [0.2, 0.25) is 0 Å². The van der Waals surface area contributed by atoms with Crippen molar-refractivity contribution in [3.63, 3.8) is 0 Å². The Morgan fingerprint density at radius 1 is 1.10 bits per heavy atom. The molecule has 1 saturated heterocycles. The zero-order valence-electron chi connectivity index (χ0n) is 13.4. The predicted octanol–water partition coefficient (Wildman–Crippen LogP) is 3.86. The van der Waals surface area contributed by atoms with E-state index in [1.807, 2.05) is 13.0 Å². The summed E-state index contributed by atoms with van der Waals surface area (Å²) in [6.45, 7) is 6.13. The quantitative estimate of drug-likeness (QED) is 0.865. The van der Waals surface area contributed by atoms with Crippen LogP contribution in [0.2, 0.25) is 0 Å². The van der Waals surface area contributed by atoms with Gasteiger partial charge in [0.05, 0.1) is 18.3 Å². The lowest BCUT2D eigenvalue weighted by atomic mass is 9.83. The smallest absolute Gasteiger partial charge is 0.158 e. The van der Waals surface area contributed by atoms with Crippen molar-refractivity contribution in [1.29, 1.82) is 0 Å². The highest BCUT2D eigenvalue weighted by Gasteiger charge is 2.39. The van der Waals surface area contributed by atoms with Gasteiger partial charge in [0.1, 0.15) is 0 Å². The molecule has 0 amide bonds. The van der Waals surface area contributed by atoms with Crippen molar-refractivity contribution >= 4 is 0 Å². The van der Waals surface area contributed by atoms with E-state index in [0.717, 1.165) is 19.3 Å². The van der Waals surface area contributed by atoms with Crippen LogP contribution in [0.15, 0.2) is 30.3 Å². The number of hydrogen-bond donors (Lipinski definition) is 1. The summed E-state index contributed by atoms with van der Waals surface area (Å²) in [6.07, 6.45) is 3.23. The number of aliphatic hydroxyl groups is 1. The zero-order valence-corrected chi connectivity index (χ0v) is 13.4. The fraction of sp³-hybridized carbons (Fsp3) is 0.667. The summed E-state index contributed by atoms with van der Waals surface area (Å²) in [5.74, 6) is 0.193. The van der Waals surface area contributed by atoms with E-state index in [0.29, 0.717) is 6.42 Å². The van der Waals surface area contributed by atoms with E-state index in [1.54, 1.807) is 0 Å². The molecule has 0 saturated carbocycles. The van der Waals surface area contributed by atoms with E-state index in [4.69, 9.17) is 9.47 Å². The summed E-state index contributed by atoms with van der Waals surface area (Å²) in [5.41, 5.74) is 1.24. The van der Waals surface area contributed by atoms with E-state index in [-0.39, 0.29) is 30.5 Å². The molecule has 1 N–H and O–H groups in total. The van der Waals surface area contributed by atoms with E-state index in [1.165, 1.54) is 5.56 Å². The molecule has 1 aromatic rings. The van der Waals surface area contributed by atoms with Crippen LogP contribution in [0.1, 0.15) is 57.9 Å². The van der Waals surface area contributed by atoms with Crippen LogP contribution in [0.4, 0.5) is 0 Å². The zero-order chi connectivity index (χ0) is 15.2. The molecule has 0 aliphatic carbocycles. The number of aliphatic hydroxyl groups excluding tert-OH is 1. The van der Waals surface area contributed by atoms with Crippen LogP contribution in [0.3, 0.4) is 0 Å². The van der Waals surface area contributed by atoms with Crippen molar-refractivity contribution < 1.29 is 14.6 Å². The number of ether oxygens (including phenoxy) is 2. The Balaban J connectivity index is 2.23. The molecule has 0 radical (unpaired) electrons. The maximum Gasteiger partial charge on any atom is 0.158 e. The molecule has 1 heterocycles. The highest BCUT2D eigenvalue weighted by atomic mass is 16.7. The van der Waals surface area contributed by atoms with Crippen molar-refractivity contribution in [3.8, 4) is 0 Å². The third-order valence-corrected chi connectivity index (χ3v) is 4.14. The largest absolute Gasteiger partial charge is 0.393 e. The van der Waals surface area contributed by atoms with Crippen LogP contribution in [0, 0.1) is 0 Å². The molecule has 5 atom stereocenters. The van der Waals surface area contributed by atoms with Crippen molar-refractivity contribution in [3.05, 3.63) is 35.9 Å². The molecule has 0 spiro atoms. The molecular formula is C18H28O3. The van der Waals surface area contributed by atoms with Crippen LogP contribution in [0.5, 0.6) is 0 Å². The summed E-state index contributed by atoms with van der Waals surface area (Å²) in [5, 5.41) is 9.82. The second kappa shape index (κ2) is 7.92. The maximum absolute atomic E-state index is 9.82. The molecule has 1 aromatic carbocycles. The van der Waals surface area contributed by atoms with Crippen LogP contribution >= 0.6 is 0 Å². The van der Waals surface area contributed by atoms with Gasteiger partial charge in [-0.25, -0.2) is 0 Å². The van der Waals surface area contributed by atoms with E-state index in [2.05, 4.69) is 38.1 Å². The molecule has 0 aromatic heterocycles. The topological polar surface area (TPSA) is 38.7 Å². The number of benzene rings is 1. The third kappa shape index (κ3) is 4.29. The standard InChI is InChI=1S/C18H28O3/c1-4-9-17-20-15(5-2)18(14-10-7-6-8-11-14)16(21-17)12-13(3)19/h6-8,10-11,13,15-19H,4-5,9,12H2,1-3H3. The van der Waals surface area contributed by atoms with Crippen LogP contribution in [-0.2, 0) is 9.47 Å². The fourth-order valence-electron chi connectivity index (χ4n) is 3.20. The van der Waals surface area contributed by atoms with Gasteiger partial charge in [-0.05, 0) is 25.3 Å². The Morgan fingerprint density at radius 3 is 2.33 bits per heavy atom. The van der Waals surface area contributed by atoms with Crippen LogP contribution in [0.25, 0.3) is 0 Å². The second-order valence-electron chi connectivity index (χ2n) is 6.00. The Hall–Kier alpha value is -0.900. The Kier molecular flexibility index (Phi) is 6.22. The Morgan fingerprint density at radius 2 is 1.76 bits per heavy atom. The Bertz CT molecular complexity index is 404. The SMILES string of the molecule is CCCC1OC(CC)C(c2ccccc2)C(CC(C)O)O1. The van der Waals surface area contributed by atoms with Crippen LogP contribution in [-0.4, -0.2) is 29.7 Å². The van der Waals surface area contributed by atoms with Gasteiger partial charge >= 0.3 is 0 Å². The molecule has 21 heavy (non-hydrogen) atoms. The van der Waals surface area contributed by atoms with Gasteiger partial charge < -0.3 is 14.6 Å². The van der Waals surface area contributed by atoms with Gasteiger partial charge in [0.25, 0.3) is 0 Å². The van der Waals surface area contributed by atoms with Gasteiger partial charge in [0.15, 0.2) is 6.29 Å². The lowest BCUT2D eigenvalue weighted by Crippen LogP contribution is -2.45. The molecular weight excluding hydrogens is 264 g/mol. The minimum atomic E-state index is -0.362.